The topological polar surface area (TPSA) is 86.8 Å². The Balaban J connectivity index is 2.35. The summed E-state index contributed by atoms with van der Waals surface area (Å²) in [6.07, 6.45) is 3.06. The molecule has 1 fully saturated rings. The second kappa shape index (κ2) is 6.87. The van der Waals surface area contributed by atoms with E-state index in [1.807, 2.05) is 4.90 Å². The third-order valence-corrected chi connectivity index (χ3v) is 4.06. The normalized spacial score (nSPS) is 16.3. The summed E-state index contributed by atoms with van der Waals surface area (Å²) in [6.45, 7) is 2.27. The summed E-state index contributed by atoms with van der Waals surface area (Å²) in [7, 11) is 0. The van der Waals surface area contributed by atoms with Crippen molar-refractivity contribution in [3.8, 4) is 0 Å². The lowest BCUT2D eigenvalue weighted by molar-refractivity contribution is -0.384. The summed E-state index contributed by atoms with van der Waals surface area (Å²) in [5, 5.41) is 30.0. The van der Waals surface area contributed by atoms with Gasteiger partial charge < -0.3 is 15.1 Å². The Morgan fingerprint density at radius 1 is 1.48 bits per heavy atom. The van der Waals surface area contributed by atoms with Crippen LogP contribution in [-0.4, -0.2) is 34.3 Å². The molecule has 21 heavy (non-hydrogen) atoms. The van der Waals surface area contributed by atoms with Crippen LogP contribution in [0.25, 0.3) is 0 Å². The lowest BCUT2D eigenvalue weighted by Crippen LogP contribution is -2.41. The van der Waals surface area contributed by atoms with Gasteiger partial charge in [-0.05, 0) is 44.2 Å². The van der Waals surface area contributed by atoms with E-state index in [4.69, 9.17) is 5.11 Å². The zero-order valence-corrected chi connectivity index (χ0v) is 12.2. The molecule has 0 bridgehead atoms. The van der Waals surface area contributed by atoms with E-state index in [1.54, 1.807) is 19.1 Å². The Morgan fingerprint density at radius 3 is 2.67 bits per heavy atom. The van der Waals surface area contributed by atoms with E-state index in [-0.39, 0.29) is 12.3 Å². The highest BCUT2D eigenvalue weighted by atomic mass is 16.6. The van der Waals surface area contributed by atoms with Crippen molar-refractivity contribution >= 4 is 11.4 Å². The Labute approximate surface area is 124 Å². The number of nitrogens with zero attached hydrogens (tertiary/aromatic N) is 2. The van der Waals surface area contributed by atoms with Crippen LogP contribution >= 0.6 is 0 Å². The van der Waals surface area contributed by atoms with Crippen molar-refractivity contribution in [2.24, 2.45) is 0 Å². The zero-order chi connectivity index (χ0) is 15.4. The minimum Gasteiger partial charge on any atom is -0.396 e. The third-order valence-electron chi connectivity index (χ3n) is 4.06. The van der Waals surface area contributed by atoms with Crippen LogP contribution in [0.5, 0.6) is 0 Å². The molecule has 6 nitrogen and oxygen atoms in total. The molecule has 0 aliphatic heterocycles. The predicted octanol–water partition coefficient (Wildman–Crippen LogP) is 2.39. The number of rotatable bonds is 7. The van der Waals surface area contributed by atoms with E-state index in [2.05, 4.69) is 0 Å². The molecular weight excluding hydrogens is 272 g/mol. The highest BCUT2D eigenvalue weighted by Crippen LogP contribution is 2.36. The molecule has 2 N–H and O–H groups in total. The van der Waals surface area contributed by atoms with E-state index in [9.17, 15) is 15.2 Å². The van der Waals surface area contributed by atoms with Crippen LogP contribution in [0.15, 0.2) is 18.2 Å². The van der Waals surface area contributed by atoms with Gasteiger partial charge >= 0.3 is 0 Å². The summed E-state index contributed by atoms with van der Waals surface area (Å²) in [5.74, 6) is 0. The maximum atomic E-state index is 11.4. The number of anilines is 1. The fourth-order valence-electron chi connectivity index (χ4n) is 2.63. The average molecular weight is 294 g/mol. The Morgan fingerprint density at radius 2 is 2.19 bits per heavy atom. The highest BCUT2D eigenvalue weighted by Gasteiger charge is 2.29. The molecule has 0 saturated heterocycles. The molecule has 0 spiro atoms. The Bertz CT molecular complexity index is 500. The quantitative estimate of drug-likeness (QED) is 0.595. The van der Waals surface area contributed by atoms with Gasteiger partial charge in [-0.15, -0.1) is 0 Å². The molecule has 1 aliphatic rings. The van der Waals surface area contributed by atoms with Crippen LogP contribution in [-0.2, 0) is 0 Å². The van der Waals surface area contributed by atoms with Gasteiger partial charge in [0, 0.05) is 25.3 Å². The molecule has 0 radical (unpaired) electrons. The first-order valence-corrected chi connectivity index (χ1v) is 7.38. The van der Waals surface area contributed by atoms with Crippen molar-refractivity contribution < 1.29 is 15.1 Å². The molecule has 1 saturated carbocycles. The molecular formula is C15H22N2O4. The number of benzene rings is 1. The van der Waals surface area contributed by atoms with Crippen molar-refractivity contribution in [3.05, 3.63) is 33.9 Å². The molecule has 0 amide bonds. The standard InChI is InChI=1S/C15H22N2O4/c1-11(19)12-6-7-14(15(10-12)17(20)21)16(8-3-9-18)13-4-2-5-13/h6-7,10-11,13,18-19H,2-5,8-9H2,1H3/t11-/m1/s1. The maximum absolute atomic E-state index is 11.4. The van der Waals surface area contributed by atoms with Crippen LogP contribution in [0, 0.1) is 10.1 Å². The summed E-state index contributed by atoms with van der Waals surface area (Å²) in [6, 6.07) is 5.21. The summed E-state index contributed by atoms with van der Waals surface area (Å²) < 4.78 is 0. The lowest BCUT2D eigenvalue weighted by Gasteiger charge is -2.39. The van der Waals surface area contributed by atoms with Crippen LogP contribution in [0.4, 0.5) is 11.4 Å². The van der Waals surface area contributed by atoms with Gasteiger partial charge in [-0.1, -0.05) is 6.07 Å². The highest BCUT2D eigenvalue weighted by molar-refractivity contribution is 5.65. The SMILES string of the molecule is C[C@@H](O)c1ccc(N(CCCO)C2CCC2)c([N+](=O)[O-])c1. The van der Waals surface area contributed by atoms with Crippen molar-refractivity contribution in [2.45, 2.75) is 44.8 Å². The van der Waals surface area contributed by atoms with Crippen LogP contribution < -0.4 is 4.90 Å². The molecule has 1 atom stereocenters. The summed E-state index contributed by atoms with van der Waals surface area (Å²) in [5.41, 5.74) is 1.15. The monoisotopic (exact) mass is 294 g/mol. The molecule has 0 aromatic heterocycles. The molecule has 0 unspecified atom stereocenters. The van der Waals surface area contributed by atoms with E-state index >= 15 is 0 Å². The fourth-order valence-corrected chi connectivity index (χ4v) is 2.63. The first-order valence-electron chi connectivity index (χ1n) is 7.38. The summed E-state index contributed by atoms with van der Waals surface area (Å²) in [4.78, 5) is 13.0. The smallest absolute Gasteiger partial charge is 0.292 e. The minimum atomic E-state index is -0.729. The minimum absolute atomic E-state index is 0.0261. The van der Waals surface area contributed by atoms with Gasteiger partial charge in [-0.25, -0.2) is 0 Å². The molecule has 1 aliphatic carbocycles. The lowest BCUT2D eigenvalue weighted by atomic mass is 9.90. The first-order chi connectivity index (χ1) is 10.0. The molecule has 1 aromatic carbocycles. The number of nitro benzene ring substituents is 1. The van der Waals surface area contributed by atoms with Gasteiger partial charge in [0.25, 0.3) is 5.69 Å². The van der Waals surface area contributed by atoms with E-state index in [0.717, 1.165) is 19.3 Å². The Kier molecular flexibility index (Phi) is 5.14. The first kappa shape index (κ1) is 15.7. The van der Waals surface area contributed by atoms with Gasteiger partial charge in [0.2, 0.25) is 0 Å². The molecule has 116 valence electrons. The molecule has 6 heteroatoms. The largest absolute Gasteiger partial charge is 0.396 e. The fraction of sp³-hybridized carbons (Fsp3) is 0.600. The van der Waals surface area contributed by atoms with Gasteiger partial charge in [-0.3, -0.25) is 10.1 Å². The van der Waals surface area contributed by atoms with Crippen molar-refractivity contribution in [2.75, 3.05) is 18.1 Å². The molecule has 2 rings (SSSR count). The van der Waals surface area contributed by atoms with E-state index in [1.165, 1.54) is 6.07 Å². The van der Waals surface area contributed by atoms with Crippen molar-refractivity contribution in [3.63, 3.8) is 0 Å². The third kappa shape index (κ3) is 3.51. The second-order valence-electron chi connectivity index (χ2n) is 5.54. The number of aliphatic hydroxyl groups excluding tert-OH is 2. The van der Waals surface area contributed by atoms with Crippen LogP contribution in [0.2, 0.25) is 0 Å². The van der Waals surface area contributed by atoms with Gasteiger partial charge in [-0.2, -0.15) is 0 Å². The van der Waals surface area contributed by atoms with E-state index < -0.39 is 11.0 Å². The van der Waals surface area contributed by atoms with E-state index in [0.29, 0.717) is 30.3 Å². The number of hydrogen-bond acceptors (Lipinski definition) is 5. The number of nitro groups is 1. The van der Waals surface area contributed by atoms with Gasteiger partial charge in [0.1, 0.15) is 5.69 Å². The zero-order valence-electron chi connectivity index (χ0n) is 12.2. The maximum Gasteiger partial charge on any atom is 0.292 e. The van der Waals surface area contributed by atoms with Crippen LogP contribution in [0.1, 0.15) is 44.3 Å². The second-order valence-corrected chi connectivity index (χ2v) is 5.54. The van der Waals surface area contributed by atoms with Crippen molar-refractivity contribution in [1.82, 2.24) is 0 Å². The molecule has 0 heterocycles. The Hall–Kier alpha value is -1.66. The molecule has 1 aromatic rings. The summed E-state index contributed by atoms with van der Waals surface area (Å²) >= 11 is 0. The predicted molar refractivity (Wildman–Crippen MR) is 80.4 cm³/mol. The van der Waals surface area contributed by atoms with Crippen molar-refractivity contribution in [1.29, 1.82) is 0 Å². The average Bonchev–Trinajstić information content (AvgIpc) is 2.40. The number of hydrogen-bond donors (Lipinski definition) is 2. The van der Waals surface area contributed by atoms with Crippen LogP contribution in [0.3, 0.4) is 0 Å². The van der Waals surface area contributed by atoms with Gasteiger partial charge in [0.05, 0.1) is 11.0 Å². The van der Waals surface area contributed by atoms with Gasteiger partial charge in [0.15, 0.2) is 0 Å². The number of aliphatic hydroxyl groups is 2.